The summed E-state index contributed by atoms with van der Waals surface area (Å²) in [5.41, 5.74) is 3.52. The van der Waals surface area contributed by atoms with Crippen molar-refractivity contribution in [3.8, 4) is 0 Å². The molecule has 0 saturated heterocycles. The fourth-order valence-electron chi connectivity index (χ4n) is 2.87. The van der Waals surface area contributed by atoms with E-state index < -0.39 is 0 Å². The second-order valence-corrected chi connectivity index (χ2v) is 4.94. The van der Waals surface area contributed by atoms with Gasteiger partial charge in [-0.1, -0.05) is 56.9 Å². The van der Waals surface area contributed by atoms with E-state index in [2.05, 4.69) is 53.7 Å². The van der Waals surface area contributed by atoms with Crippen LogP contribution in [-0.4, -0.2) is 0 Å². The van der Waals surface area contributed by atoms with Crippen molar-refractivity contribution in [1.82, 2.24) is 0 Å². The lowest BCUT2D eigenvalue weighted by molar-refractivity contribution is 0.280. The molecule has 0 aromatic rings. The summed E-state index contributed by atoms with van der Waals surface area (Å²) in [7, 11) is 0. The number of hydrogen-bond acceptors (Lipinski definition) is 0. The first-order valence-corrected chi connectivity index (χ1v) is 6.88. The van der Waals surface area contributed by atoms with Crippen molar-refractivity contribution in [3.05, 3.63) is 23.3 Å². The highest BCUT2D eigenvalue weighted by molar-refractivity contribution is 5.27. The molecule has 0 aliphatic rings. The zero-order valence-corrected chi connectivity index (χ0v) is 12.2. The molecule has 0 fully saturated rings. The van der Waals surface area contributed by atoms with E-state index in [0.29, 0.717) is 5.41 Å². The van der Waals surface area contributed by atoms with Crippen LogP contribution in [0.4, 0.5) is 0 Å². The monoisotopic (exact) mass is 222 g/mol. The third kappa shape index (κ3) is 3.81. The maximum atomic E-state index is 2.35. The lowest BCUT2D eigenvalue weighted by atomic mass is 9.70. The Labute approximate surface area is 103 Å². The Bertz CT molecular complexity index is 237. The lowest BCUT2D eigenvalue weighted by Gasteiger charge is -2.35. The van der Waals surface area contributed by atoms with E-state index in [0.717, 1.165) is 0 Å². The van der Waals surface area contributed by atoms with Crippen LogP contribution in [0.1, 0.15) is 73.6 Å². The van der Waals surface area contributed by atoms with Gasteiger partial charge < -0.3 is 0 Å². The predicted molar refractivity (Wildman–Crippen MR) is 75.7 cm³/mol. The molecule has 0 heteroatoms. The van der Waals surface area contributed by atoms with Crippen LogP contribution in [0.25, 0.3) is 0 Å². The van der Waals surface area contributed by atoms with Gasteiger partial charge in [-0.15, -0.1) is 0 Å². The van der Waals surface area contributed by atoms with E-state index in [-0.39, 0.29) is 0 Å². The Hall–Kier alpha value is -0.520. The average Bonchev–Trinajstić information content (AvgIpc) is 2.28. The van der Waals surface area contributed by atoms with Crippen LogP contribution in [-0.2, 0) is 0 Å². The molecule has 0 N–H and O–H groups in total. The highest BCUT2D eigenvalue weighted by Gasteiger charge is 2.28. The first-order valence-electron chi connectivity index (χ1n) is 6.88. The average molecular weight is 222 g/mol. The quantitative estimate of drug-likeness (QED) is 0.471. The van der Waals surface area contributed by atoms with Crippen LogP contribution in [0.2, 0.25) is 0 Å². The molecule has 0 bridgehead atoms. The van der Waals surface area contributed by atoms with Crippen molar-refractivity contribution in [2.45, 2.75) is 73.6 Å². The van der Waals surface area contributed by atoms with Gasteiger partial charge in [-0.2, -0.15) is 0 Å². The van der Waals surface area contributed by atoms with Gasteiger partial charge in [-0.25, -0.2) is 0 Å². The zero-order chi connectivity index (χ0) is 12.6. The molecule has 0 aromatic heterocycles. The summed E-state index contributed by atoms with van der Waals surface area (Å²) in [6.07, 6.45) is 10.9. The topological polar surface area (TPSA) is 0 Å². The Kier molecular flexibility index (Phi) is 7.45. The standard InChI is InChI=1S/C16H30/c1-7-11-14(5)15(6)16(10-4,12-8-2)13-9-3/h7,11H,8-10,12-13H2,1-6H3/b11-7-,15-14+. The molecule has 0 nitrogen and oxygen atoms in total. The van der Waals surface area contributed by atoms with Gasteiger partial charge in [0.05, 0.1) is 0 Å². The largest absolute Gasteiger partial charge is 0.0874 e. The van der Waals surface area contributed by atoms with Crippen molar-refractivity contribution in [3.63, 3.8) is 0 Å². The van der Waals surface area contributed by atoms with Gasteiger partial charge in [-0.05, 0) is 45.4 Å². The number of hydrogen-bond donors (Lipinski definition) is 0. The highest BCUT2D eigenvalue weighted by atomic mass is 14.3. The van der Waals surface area contributed by atoms with Gasteiger partial charge in [0, 0.05) is 0 Å². The summed E-state index contributed by atoms with van der Waals surface area (Å²) in [5, 5.41) is 0. The minimum Gasteiger partial charge on any atom is -0.0874 e. The van der Waals surface area contributed by atoms with Crippen LogP contribution in [0.3, 0.4) is 0 Å². The molecule has 16 heavy (non-hydrogen) atoms. The fraction of sp³-hybridized carbons (Fsp3) is 0.750. The van der Waals surface area contributed by atoms with Crippen molar-refractivity contribution >= 4 is 0 Å². The van der Waals surface area contributed by atoms with E-state index in [1.165, 1.54) is 37.7 Å². The minimum atomic E-state index is 0.451. The number of rotatable bonds is 7. The van der Waals surface area contributed by atoms with E-state index in [4.69, 9.17) is 0 Å². The first kappa shape index (κ1) is 15.5. The molecule has 0 aliphatic carbocycles. The third-order valence-corrected chi connectivity index (χ3v) is 3.94. The Morgan fingerprint density at radius 1 is 1.00 bits per heavy atom. The molecule has 0 amide bonds. The second-order valence-electron chi connectivity index (χ2n) is 4.94. The molecular formula is C16H30. The SMILES string of the molecule is C/C=C\C(C)=C(/C)C(CC)(CCC)CCC. The zero-order valence-electron chi connectivity index (χ0n) is 12.2. The van der Waals surface area contributed by atoms with Gasteiger partial charge in [0.2, 0.25) is 0 Å². The second kappa shape index (κ2) is 7.70. The van der Waals surface area contributed by atoms with E-state index in [9.17, 15) is 0 Å². The van der Waals surface area contributed by atoms with Crippen LogP contribution in [0, 0.1) is 5.41 Å². The van der Waals surface area contributed by atoms with Gasteiger partial charge >= 0.3 is 0 Å². The summed E-state index contributed by atoms with van der Waals surface area (Å²) >= 11 is 0. The molecule has 0 rings (SSSR count). The lowest BCUT2D eigenvalue weighted by Crippen LogP contribution is -2.22. The molecule has 0 radical (unpaired) electrons. The van der Waals surface area contributed by atoms with Crippen LogP contribution in [0.5, 0.6) is 0 Å². The minimum absolute atomic E-state index is 0.451. The summed E-state index contributed by atoms with van der Waals surface area (Å²) in [6.45, 7) is 13.6. The van der Waals surface area contributed by atoms with Crippen molar-refractivity contribution in [2.24, 2.45) is 5.41 Å². The van der Waals surface area contributed by atoms with Crippen LogP contribution in [0.15, 0.2) is 23.3 Å². The molecule has 0 atom stereocenters. The smallest absolute Gasteiger partial charge is 0.00879 e. The Balaban J connectivity index is 5.21. The molecule has 0 aliphatic heterocycles. The van der Waals surface area contributed by atoms with E-state index in [1.807, 2.05) is 0 Å². The van der Waals surface area contributed by atoms with Gasteiger partial charge in [0.25, 0.3) is 0 Å². The van der Waals surface area contributed by atoms with E-state index >= 15 is 0 Å². The Morgan fingerprint density at radius 3 is 1.81 bits per heavy atom. The third-order valence-electron chi connectivity index (χ3n) is 3.94. The Morgan fingerprint density at radius 2 is 1.50 bits per heavy atom. The van der Waals surface area contributed by atoms with Crippen LogP contribution < -0.4 is 0 Å². The summed E-state index contributed by atoms with van der Waals surface area (Å²) in [4.78, 5) is 0. The maximum absolute atomic E-state index is 2.35. The summed E-state index contributed by atoms with van der Waals surface area (Å²) in [5.74, 6) is 0. The first-order chi connectivity index (χ1) is 7.57. The molecule has 0 heterocycles. The van der Waals surface area contributed by atoms with Crippen LogP contribution >= 0.6 is 0 Å². The van der Waals surface area contributed by atoms with Gasteiger partial charge in [-0.3, -0.25) is 0 Å². The fourth-order valence-corrected chi connectivity index (χ4v) is 2.87. The maximum Gasteiger partial charge on any atom is -0.00879 e. The molecule has 0 unspecified atom stereocenters. The van der Waals surface area contributed by atoms with Gasteiger partial charge in [0.1, 0.15) is 0 Å². The van der Waals surface area contributed by atoms with Gasteiger partial charge in [0.15, 0.2) is 0 Å². The molecule has 94 valence electrons. The highest BCUT2D eigenvalue weighted by Crippen LogP contribution is 2.42. The molecule has 0 spiro atoms. The number of allylic oxidation sites excluding steroid dienone is 4. The summed E-state index contributed by atoms with van der Waals surface area (Å²) < 4.78 is 0. The molecule has 0 saturated carbocycles. The molecule has 0 aromatic carbocycles. The van der Waals surface area contributed by atoms with Crippen molar-refractivity contribution in [1.29, 1.82) is 0 Å². The molecular weight excluding hydrogens is 192 g/mol. The van der Waals surface area contributed by atoms with E-state index in [1.54, 1.807) is 5.57 Å². The van der Waals surface area contributed by atoms with Crippen molar-refractivity contribution < 1.29 is 0 Å². The summed E-state index contributed by atoms with van der Waals surface area (Å²) in [6, 6.07) is 0. The normalized spacial score (nSPS) is 14.4. The van der Waals surface area contributed by atoms with Crippen molar-refractivity contribution in [2.75, 3.05) is 0 Å². The predicted octanol–water partition coefficient (Wildman–Crippen LogP) is 5.90.